The van der Waals surface area contributed by atoms with Crippen LogP contribution in [-0.4, -0.2) is 5.12 Å². The van der Waals surface area contributed by atoms with Gasteiger partial charge in [-0.15, -0.1) is 0 Å². The van der Waals surface area contributed by atoms with Gasteiger partial charge < -0.3 is 0 Å². The maximum absolute atomic E-state index is 11.1. The van der Waals surface area contributed by atoms with Gasteiger partial charge in [-0.3, -0.25) is 4.79 Å². The Morgan fingerprint density at radius 1 is 1.45 bits per heavy atom. The summed E-state index contributed by atoms with van der Waals surface area (Å²) in [5, 5.41) is -0.790. The van der Waals surface area contributed by atoms with E-state index >= 15 is 0 Å². The van der Waals surface area contributed by atoms with E-state index in [1.165, 1.54) is 0 Å². The molecule has 0 N–H and O–H groups in total. The van der Waals surface area contributed by atoms with Gasteiger partial charge in [-0.05, 0) is 19.1 Å². The van der Waals surface area contributed by atoms with E-state index in [1.54, 1.807) is 12.1 Å². The average Bonchev–Trinajstić information content (AvgIpc) is 2.07. The number of benzene rings is 1. The van der Waals surface area contributed by atoms with Crippen LogP contribution in [0.15, 0.2) is 29.2 Å². The first-order valence-electron chi connectivity index (χ1n) is 4.68. The van der Waals surface area contributed by atoms with Crippen molar-refractivity contribution in [3.8, 4) is 0 Å². The van der Waals surface area contributed by atoms with Crippen molar-refractivity contribution in [2.24, 2.45) is 0 Å². The molecule has 58 valence electrons. The number of hydrogen-bond acceptors (Lipinski definition) is 2. The van der Waals surface area contributed by atoms with Crippen LogP contribution in [0.3, 0.4) is 0 Å². The van der Waals surface area contributed by atoms with Gasteiger partial charge >= 0.3 is 0 Å². The monoisotopic (exact) mass is 169 g/mol. The predicted octanol–water partition coefficient (Wildman–Crippen LogP) is 2.63. The standard InChI is InChI=1S/C9H10OS/c1-7-3-5-9(6-4-7)11-8(2)10/h3-6H,1-2H3/i2D3. The molecule has 2 heteroatoms. The second-order valence-electron chi connectivity index (χ2n) is 2.20. The summed E-state index contributed by atoms with van der Waals surface area (Å²) >= 11 is 0.758. The Bertz CT molecular complexity index is 329. The van der Waals surface area contributed by atoms with Crippen molar-refractivity contribution in [2.45, 2.75) is 18.7 Å². The highest BCUT2D eigenvalue weighted by atomic mass is 32.2. The van der Waals surface area contributed by atoms with Crippen LogP contribution in [0.5, 0.6) is 0 Å². The van der Waals surface area contributed by atoms with Gasteiger partial charge in [0.05, 0.1) is 0 Å². The molecule has 0 heterocycles. The summed E-state index contributed by atoms with van der Waals surface area (Å²) in [5.74, 6) is 0. The predicted molar refractivity (Wildman–Crippen MR) is 47.7 cm³/mol. The van der Waals surface area contributed by atoms with E-state index in [-0.39, 0.29) is 0 Å². The van der Waals surface area contributed by atoms with Crippen LogP contribution in [0.4, 0.5) is 0 Å². The first kappa shape index (κ1) is 4.99. The maximum Gasteiger partial charge on any atom is 0.190 e. The second kappa shape index (κ2) is 3.58. The lowest BCUT2D eigenvalue weighted by molar-refractivity contribution is -0.109. The molecule has 0 aliphatic heterocycles. The van der Waals surface area contributed by atoms with E-state index in [0.29, 0.717) is 4.90 Å². The molecule has 0 fully saturated rings. The number of carbonyl (C=O) groups excluding carboxylic acids is 1. The van der Waals surface area contributed by atoms with Gasteiger partial charge in [-0.25, -0.2) is 0 Å². The van der Waals surface area contributed by atoms with E-state index < -0.39 is 12.0 Å². The molecule has 0 aliphatic carbocycles. The molecule has 0 aliphatic rings. The Labute approximate surface area is 75.0 Å². The molecule has 0 saturated heterocycles. The molecule has 11 heavy (non-hydrogen) atoms. The molecule has 0 bridgehead atoms. The summed E-state index contributed by atoms with van der Waals surface area (Å²) in [5.41, 5.74) is 1.08. The number of thioether (sulfide) groups is 1. The molecule has 0 unspecified atom stereocenters. The minimum Gasteiger partial charge on any atom is -0.287 e. The fraction of sp³-hybridized carbons (Fsp3) is 0.222. The third-order valence-electron chi connectivity index (χ3n) is 1.23. The van der Waals surface area contributed by atoms with Gasteiger partial charge in [0.25, 0.3) is 0 Å². The molecule has 0 atom stereocenters. The summed E-state index contributed by atoms with van der Waals surface area (Å²) in [6.45, 7) is -0.588. The zero-order chi connectivity index (χ0) is 10.8. The summed E-state index contributed by atoms with van der Waals surface area (Å²) in [4.78, 5) is 11.8. The molecular formula is C9H10OS. The Kier molecular flexibility index (Phi) is 1.62. The Morgan fingerprint density at radius 2 is 2.09 bits per heavy atom. The summed E-state index contributed by atoms with van der Waals surface area (Å²) in [6, 6.07) is 7.16. The zero-order valence-electron chi connectivity index (χ0n) is 9.13. The minimum absolute atomic E-state index is 0.664. The molecule has 0 amide bonds. The number of carbonyl (C=O) groups is 1. The maximum atomic E-state index is 11.1. The SMILES string of the molecule is [2H]C([2H])([2H])C(=O)Sc1ccc(C)cc1. The highest BCUT2D eigenvalue weighted by molar-refractivity contribution is 8.13. The number of aryl methyl sites for hydroxylation is 1. The van der Waals surface area contributed by atoms with E-state index in [9.17, 15) is 4.79 Å². The molecule has 1 rings (SSSR count). The Balaban J connectivity index is 2.71. The van der Waals surface area contributed by atoms with Gasteiger partial charge in [-0.2, -0.15) is 0 Å². The van der Waals surface area contributed by atoms with Crippen LogP contribution in [0.2, 0.25) is 0 Å². The van der Waals surface area contributed by atoms with Gasteiger partial charge in [0.1, 0.15) is 0 Å². The van der Waals surface area contributed by atoms with Crippen LogP contribution in [0, 0.1) is 6.92 Å². The largest absolute Gasteiger partial charge is 0.287 e. The second-order valence-corrected chi connectivity index (χ2v) is 3.25. The quantitative estimate of drug-likeness (QED) is 0.601. The van der Waals surface area contributed by atoms with Crippen molar-refractivity contribution in [2.75, 3.05) is 0 Å². The van der Waals surface area contributed by atoms with Crippen molar-refractivity contribution in [1.82, 2.24) is 0 Å². The van der Waals surface area contributed by atoms with Crippen LogP contribution in [0.25, 0.3) is 0 Å². The van der Waals surface area contributed by atoms with Crippen LogP contribution in [-0.2, 0) is 4.79 Å². The molecule has 0 saturated carbocycles. The van der Waals surface area contributed by atoms with Crippen molar-refractivity contribution in [3.05, 3.63) is 29.8 Å². The zero-order valence-corrected chi connectivity index (χ0v) is 6.94. The lowest BCUT2D eigenvalue weighted by Gasteiger charge is -1.96. The normalized spacial score (nSPS) is 14.8. The van der Waals surface area contributed by atoms with Crippen molar-refractivity contribution in [3.63, 3.8) is 0 Å². The van der Waals surface area contributed by atoms with E-state index in [1.807, 2.05) is 19.1 Å². The molecule has 0 aromatic heterocycles. The molecular weight excluding hydrogens is 156 g/mol. The van der Waals surface area contributed by atoms with E-state index in [4.69, 9.17) is 4.11 Å². The van der Waals surface area contributed by atoms with Crippen molar-refractivity contribution in [1.29, 1.82) is 0 Å². The van der Waals surface area contributed by atoms with Crippen LogP contribution >= 0.6 is 11.8 Å². The highest BCUT2D eigenvalue weighted by Gasteiger charge is 1.95. The fourth-order valence-electron chi connectivity index (χ4n) is 0.713. The summed E-state index contributed by atoms with van der Waals surface area (Å²) in [7, 11) is 0. The molecule has 1 aromatic carbocycles. The highest BCUT2D eigenvalue weighted by Crippen LogP contribution is 2.18. The molecule has 0 radical (unpaired) electrons. The molecule has 1 nitrogen and oxygen atoms in total. The molecule has 0 spiro atoms. The third-order valence-corrected chi connectivity index (χ3v) is 1.92. The van der Waals surface area contributed by atoms with Crippen molar-refractivity contribution < 1.29 is 8.91 Å². The first-order valence-corrected chi connectivity index (χ1v) is 4.00. The van der Waals surface area contributed by atoms with E-state index in [0.717, 1.165) is 17.3 Å². The first-order chi connectivity index (χ1) is 6.39. The van der Waals surface area contributed by atoms with Gasteiger partial charge in [-0.1, -0.05) is 29.5 Å². The van der Waals surface area contributed by atoms with E-state index in [2.05, 4.69) is 0 Å². The topological polar surface area (TPSA) is 17.1 Å². The number of rotatable bonds is 1. The van der Waals surface area contributed by atoms with Gasteiger partial charge in [0.15, 0.2) is 5.12 Å². The summed E-state index contributed by atoms with van der Waals surface area (Å²) < 4.78 is 20.7. The van der Waals surface area contributed by atoms with Crippen LogP contribution < -0.4 is 0 Å². The lowest BCUT2D eigenvalue weighted by Crippen LogP contribution is -1.80. The Hall–Kier alpha value is -0.760. The number of hydrogen-bond donors (Lipinski definition) is 0. The third kappa shape index (κ3) is 2.76. The molecule has 1 aromatic rings. The summed E-state index contributed by atoms with van der Waals surface area (Å²) in [6.07, 6.45) is 0. The Morgan fingerprint density at radius 3 is 2.64 bits per heavy atom. The fourth-order valence-corrected chi connectivity index (χ4v) is 1.20. The average molecular weight is 169 g/mol. The van der Waals surface area contributed by atoms with Gasteiger partial charge in [0.2, 0.25) is 0 Å². The minimum atomic E-state index is -2.52. The van der Waals surface area contributed by atoms with Crippen molar-refractivity contribution >= 4 is 16.9 Å². The van der Waals surface area contributed by atoms with Gasteiger partial charge in [0, 0.05) is 15.9 Å². The lowest BCUT2D eigenvalue weighted by atomic mass is 10.2. The van der Waals surface area contributed by atoms with Crippen LogP contribution in [0.1, 0.15) is 16.5 Å². The smallest absolute Gasteiger partial charge is 0.190 e.